The standard InChI is InChI=1S/C16H16ClNO2/c1-10-3-4-16(20-2)12(5-10)8-15(19)11-6-13(17)9-14(18)7-11/h3-7,9H,8,18H2,1-2H3. The molecule has 2 N–H and O–H groups in total. The molecule has 0 aliphatic rings. The first-order chi connectivity index (χ1) is 9.49. The fraction of sp³-hybridized carbons (Fsp3) is 0.188. The molecule has 2 aromatic carbocycles. The van der Waals surface area contributed by atoms with E-state index in [0.717, 1.165) is 11.1 Å². The van der Waals surface area contributed by atoms with Crippen molar-refractivity contribution in [3.63, 3.8) is 0 Å². The van der Waals surface area contributed by atoms with E-state index in [1.54, 1.807) is 25.3 Å². The first-order valence-corrected chi connectivity index (χ1v) is 6.60. The average molecular weight is 290 g/mol. The summed E-state index contributed by atoms with van der Waals surface area (Å²) in [6.45, 7) is 1.98. The number of ketones is 1. The molecule has 2 aromatic rings. The lowest BCUT2D eigenvalue weighted by atomic mass is 10.0. The molecule has 0 atom stereocenters. The summed E-state index contributed by atoms with van der Waals surface area (Å²) >= 11 is 5.92. The van der Waals surface area contributed by atoms with Gasteiger partial charge in [0, 0.05) is 28.3 Å². The van der Waals surface area contributed by atoms with Gasteiger partial charge in [-0.3, -0.25) is 4.79 Å². The first-order valence-electron chi connectivity index (χ1n) is 6.22. The van der Waals surface area contributed by atoms with Crippen LogP contribution in [0.25, 0.3) is 0 Å². The van der Waals surface area contributed by atoms with Gasteiger partial charge in [-0.2, -0.15) is 0 Å². The van der Waals surface area contributed by atoms with Gasteiger partial charge >= 0.3 is 0 Å². The third-order valence-electron chi connectivity index (χ3n) is 3.03. The number of nitrogens with two attached hydrogens (primary N) is 1. The van der Waals surface area contributed by atoms with Gasteiger partial charge in [-0.05, 0) is 31.2 Å². The molecular weight excluding hydrogens is 274 g/mol. The van der Waals surface area contributed by atoms with Crippen LogP contribution in [0, 0.1) is 6.92 Å². The molecule has 0 aliphatic heterocycles. The second-order valence-corrected chi connectivity index (χ2v) is 5.12. The molecule has 4 heteroatoms. The predicted octanol–water partition coefficient (Wildman–Crippen LogP) is 3.66. The lowest BCUT2D eigenvalue weighted by Gasteiger charge is -2.09. The van der Waals surface area contributed by atoms with Crippen LogP contribution < -0.4 is 10.5 Å². The van der Waals surface area contributed by atoms with E-state index in [4.69, 9.17) is 22.1 Å². The molecule has 104 valence electrons. The molecule has 3 nitrogen and oxygen atoms in total. The van der Waals surface area contributed by atoms with Crippen molar-refractivity contribution < 1.29 is 9.53 Å². The maximum absolute atomic E-state index is 12.3. The SMILES string of the molecule is COc1ccc(C)cc1CC(=O)c1cc(N)cc(Cl)c1. The highest BCUT2D eigenvalue weighted by Gasteiger charge is 2.12. The van der Waals surface area contributed by atoms with Crippen molar-refractivity contribution in [2.24, 2.45) is 0 Å². The van der Waals surface area contributed by atoms with Crippen LogP contribution in [0.3, 0.4) is 0 Å². The Morgan fingerprint density at radius 2 is 2.00 bits per heavy atom. The van der Waals surface area contributed by atoms with E-state index in [2.05, 4.69) is 0 Å². The number of anilines is 1. The van der Waals surface area contributed by atoms with Crippen molar-refractivity contribution in [1.29, 1.82) is 0 Å². The van der Waals surface area contributed by atoms with Crippen LogP contribution >= 0.6 is 11.6 Å². The molecule has 0 saturated heterocycles. The predicted molar refractivity (Wildman–Crippen MR) is 81.6 cm³/mol. The number of Topliss-reactive ketones (excluding diaryl/α,β-unsaturated/α-hetero) is 1. The van der Waals surface area contributed by atoms with Crippen molar-refractivity contribution >= 4 is 23.1 Å². The van der Waals surface area contributed by atoms with Gasteiger partial charge < -0.3 is 10.5 Å². The minimum absolute atomic E-state index is 0.0388. The topological polar surface area (TPSA) is 52.3 Å². The van der Waals surface area contributed by atoms with Gasteiger partial charge in [0.2, 0.25) is 0 Å². The summed E-state index contributed by atoms with van der Waals surface area (Å²) in [5, 5.41) is 0.463. The quantitative estimate of drug-likeness (QED) is 0.690. The van der Waals surface area contributed by atoms with E-state index in [-0.39, 0.29) is 12.2 Å². The zero-order valence-corrected chi connectivity index (χ0v) is 12.2. The Morgan fingerprint density at radius 1 is 1.25 bits per heavy atom. The number of benzene rings is 2. The Bertz CT molecular complexity index is 633. The van der Waals surface area contributed by atoms with Gasteiger partial charge in [0.25, 0.3) is 0 Å². The Balaban J connectivity index is 2.29. The van der Waals surface area contributed by atoms with E-state index in [1.165, 1.54) is 0 Å². The van der Waals surface area contributed by atoms with E-state index in [9.17, 15) is 4.79 Å². The van der Waals surface area contributed by atoms with Crippen molar-refractivity contribution in [1.82, 2.24) is 0 Å². The van der Waals surface area contributed by atoms with Crippen LogP contribution in [0.4, 0.5) is 5.69 Å². The second-order valence-electron chi connectivity index (χ2n) is 4.69. The number of ether oxygens (including phenoxy) is 1. The minimum Gasteiger partial charge on any atom is -0.496 e. The smallest absolute Gasteiger partial charge is 0.167 e. The number of hydrogen-bond donors (Lipinski definition) is 1. The van der Waals surface area contributed by atoms with Crippen molar-refractivity contribution in [3.8, 4) is 5.75 Å². The molecule has 0 aliphatic carbocycles. The first kappa shape index (κ1) is 14.4. The summed E-state index contributed by atoms with van der Waals surface area (Å²) in [4.78, 5) is 12.3. The van der Waals surface area contributed by atoms with E-state index in [1.807, 2.05) is 25.1 Å². The Morgan fingerprint density at radius 3 is 2.65 bits per heavy atom. The molecule has 0 bridgehead atoms. The van der Waals surface area contributed by atoms with Gasteiger partial charge in [0.15, 0.2) is 5.78 Å². The molecule has 0 fully saturated rings. The molecule has 0 spiro atoms. The molecule has 20 heavy (non-hydrogen) atoms. The monoisotopic (exact) mass is 289 g/mol. The van der Waals surface area contributed by atoms with Crippen LogP contribution in [0.1, 0.15) is 21.5 Å². The highest BCUT2D eigenvalue weighted by molar-refractivity contribution is 6.31. The van der Waals surface area contributed by atoms with Crippen LogP contribution in [-0.2, 0) is 6.42 Å². The lowest BCUT2D eigenvalue weighted by Crippen LogP contribution is -2.06. The van der Waals surface area contributed by atoms with Gasteiger partial charge in [-0.25, -0.2) is 0 Å². The van der Waals surface area contributed by atoms with Gasteiger partial charge in [0.1, 0.15) is 5.75 Å². The van der Waals surface area contributed by atoms with Crippen LogP contribution in [-0.4, -0.2) is 12.9 Å². The van der Waals surface area contributed by atoms with Crippen LogP contribution in [0.2, 0.25) is 5.02 Å². The number of aryl methyl sites for hydroxylation is 1. The Labute approximate surface area is 123 Å². The molecular formula is C16H16ClNO2. The third kappa shape index (κ3) is 3.31. The Kier molecular flexibility index (Phi) is 4.30. The molecule has 0 aromatic heterocycles. The largest absolute Gasteiger partial charge is 0.496 e. The molecule has 0 radical (unpaired) electrons. The third-order valence-corrected chi connectivity index (χ3v) is 3.25. The highest BCUT2D eigenvalue weighted by Crippen LogP contribution is 2.23. The van der Waals surface area contributed by atoms with Gasteiger partial charge in [-0.15, -0.1) is 0 Å². The summed E-state index contributed by atoms with van der Waals surface area (Å²) in [6.07, 6.45) is 0.255. The summed E-state index contributed by atoms with van der Waals surface area (Å²) in [5.41, 5.74) is 8.65. The molecule has 0 heterocycles. The van der Waals surface area contributed by atoms with Crippen LogP contribution in [0.5, 0.6) is 5.75 Å². The Hall–Kier alpha value is -2.00. The summed E-state index contributed by atoms with van der Waals surface area (Å²) < 4.78 is 5.28. The van der Waals surface area contributed by atoms with Gasteiger partial charge in [0.05, 0.1) is 7.11 Å². The number of hydrogen-bond acceptors (Lipinski definition) is 3. The van der Waals surface area contributed by atoms with E-state index in [0.29, 0.717) is 22.0 Å². The summed E-state index contributed by atoms with van der Waals surface area (Å²) in [7, 11) is 1.59. The fourth-order valence-corrected chi connectivity index (χ4v) is 2.34. The van der Waals surface area contributed by atoms with Crippen LogP contribution in [0.15, 0.2) is 36.4 Å². The van der Waals surface area contributed by atoms with Crippen molar-refractivity contribution in [2.45, 2.75) is 13.3 Å². The number of rotatable bonds is 4. The maximum atomic E-state index is 12.3. The zero-order chi connectivity index (χ0) is 14.7. The number of methoxy groups -OCH3 is 1. The minimum atomic E-state index is -0.0388. The summed E-state index contributed by atoms with van der Waals surface area (Å²) in [5.74, 6) is 0.669. The molecule has 0 saturated carbocycles. The van der Waals surface area contributed by atoms with E-state index < -0.39 is 0 Å². The highest BCUT2D eigenvalue weighted by atomic mass is 35.5. The maximum Gasteiger partial charge on any atom is 0.167 e. The average Bonchev–Trinajstić information content (AvgIpc) is 2.37. The molecule has 0 unspecified atom stereocenters. The fourth-order valence-electron chi connectivity index (χ4n) is 2.09. The lowest BCUT2D eigenvalue weighted by molar-refractivity contribution is 0.0992. The van der Waals surface area contributed by atoms with E-state index >= 15 is 0 Å². The number of carbonyl (C=O) groups is 1. The van der Waals surface area contributed by atoms with Crippen molar-refractivity contribution in [2.75, 3.05) is 12.8 Å². The number of nitrogen functional groups attached to an aromatic ring is 1. The number of halogens is 1. The summed E-state index contributed by atoms with van der Waals surface area (Å²) in [6, 6.07) is 10.6. The molecule has 2 rings (SSSR count). The van der Waals surface area contributed by atoms with Crippen molar-refractivity contribution in [3.05, 3.63) is 58.1 Å². The number of carbonyl (C=O) groups excluding carboxylic acids is 1. The zero-order valence-electron chi connectivity index (χ0n) is 11.4. The van der Waals surface area contributed by atoms with Gasteiger partial charge in [-0.1, -0.05) is 29.3 Å². The second kappa shape index (κ2) is 5.97. The normalized spacial score (nSPS) is 10.3. The molecule has 0 amide bonds.